The monoisotopic (exact) mass is 233 g/mol. The molecule has 0 radical (unpaired) electrons. The number of phenols is 1. The molecule has 2 N–H and O–H groups in total. The Morgan fingerprint density at radius 3 is 2.94 bits per heavy atom. The Bertz CT molecular complexity index is 469. The zero-order chi connectivity index (χ0) is 12.1. The summed E-state index contributed by atoms with van der Waals surface area (Å²) in [4.78, 5) is 0. The van der Waals surface area contributed by atoms with Crippen molar-refractivity contribution in [3.63, 3.8) is 0 Å². The van der Waals surface area contributed by atoms with Gasteiger partial charge in [-0.2, -0.15) is 15.4 Å². The summed E-state index contributed by atoms with van der Waals surface area (Å²) in [5.41, 5.74) is 1.74. The highest BCUT2D eigenvalue weighted by molar-refractivity contribution is 5.45. The van der Waals surface area contributed by atoms with E-state index in [9.17, 15) is 5.11 Å². The van der Waals surface area contributed by atoms with Crippen molar-refractivity contribution in [2.75, 3.05) is 6.61 Å². The molecule has 1 aromatic heterocycles. The number of ether oxygens (including phenoxy) is 1. The number of H-pyrrole nitrogens is 1. The lowest BCUT2D eigenvalue weighted by atomic mass is 10.1. The van der Waals surface area contributed by atoms with Crippen molar-refractivity contribution in [3.05, 3.63) is 35.7 Å². The number of rotatable bonds is 5. The van der Waals surface area contributed by atoms with Crippen molar-refractivity contribution in [1.29, 1.82) is 0 Å². The van der Waals surface area contributed by atoms with Gasteiger partial charge < -0.3 is 9.84 Å². The zero-order valence-electron chi connectivity index (χ0n) is 9.68. The Kier molecular flexibility index (Phi) is 3.59. The van der Waals surface area contributed by atoms with Crippen LogP contribution >= 0.6 is 0 Å². The number of phenolic OH excluding ortho intramolecular Hbond substituents is 1. The average molecular weight is 233 g/mol. The molecule has 90 valence electrons. The molecular weight excluding hydrogens is 218 g/mol. The van der Waals surface area contributed by atoms with Crippen LogP contribution in [0, 0.1) is 0 Å². The molecule has 0 aliphatic heterocycles. The predicted octanol–water partition coefficient (Wildman–Crippen LogP) is 1.69. The van der Waals surface area contributed by atoms with Gasteiger partial charge in [-0.15, -0.1) is 0 Å². The maximum Gasteiger partial charge on any atom is 0.161 e. The number of aryl methyl sites for hydroxylation is 2. The molecule has 0 atom stereocenters. The highest BCUT2D eigenvalue weighted by Crippen LogP contribution is 2.30. The molecule has 5 nitrogen and oxygen atoms in total. The normalized spacial score (nSPS) is 10.4. The lowest BCUT2D eigenvalue weighted by molar-refractivity contribution is 0.316. The molecule has 17 heavy (non-hydrogen) atoms. The summed E-state index contributed by atoms with van der Waals surface area (Å²) in [7, 11) is 0. The minimum Gasteiger partial charge on any atom is -0.504 e. The van der Waals surface area contributed by atoms with Crippen molar-refractivity contribution in [1.82, 2.24) is 15.4 Å². The second kappa shape index (κ2) is 5.34. The first-order chi connectivity index (χ1) is 8.31. The SMILES string of the molecule is CCOc1cccc(CCc2cn[nH]n2)c1O. The van der Waals surface area contributed by atoms with E-state index >= 15 is 0 Å². The van der Waals surface area contributed by atoms with Crippen LogP contribution in [0.25, 0.3) is 0 Å². The maximum atomic E-state index is 9.98. The summed E-state index contributed by atoms with van der Waals surface area (Å²) in [6.45, 7) is 2.43. The minimum absolute atomic E-state index is 0.220. The fourth-order valence-corrected chi connectivity index (χ4v) is 1.65. The van der Waals surface area contributed by atoms with E-state index in [-0.39, 0.29) is 5.75 Å². The van der Waals surface area contributed by atoms with Gasteiger partial charge in [-0.25, -0.2) is 0 Å². The Balaban J connectivity index is 2.07. The van der Waals surface area contributed by atoms with E-state index in [0.717, 1.165) is 17.7 Å². The van der Waals surface area contributed by atoms with Crippen molar-refractivity contribution in [2.24, 2.45) is 0 Å². The Morgan fingerprint density at radius 2 is 2.24 bits per heavy atom. The van der Waals surface area contributed by atoms with Crippen LogP contribution in [0.15, 0.2) is 24.4 Å². The van der Waals surface area contributed by atoms with E-state index in [1.807, 2.05) is 19.1 Å². The molecule has 0 unspecified atom stereocenters. The Labute approximate surface area is 99.4 Å². The smallest absolute Gasteiger partial charge is 0.161 e. The lowest BCUT2D eigenvalue weighted by Gasteiger charge is -2.09. The lowest BCUT2D eigenvalue weighted by Crippen LogP contribution is -1.96. The molecule has 0 bridgehead atoms. The summed E-state index contributed by atoms with van der Waals surface area (Å²) in [6, 6.07) is 5.53. The van der Waals surface area contributed by atoms with Crippen LogP contribution in [0.2, 0.25) is 0 Å². The zero-order valence-corrected chi connectivity index (χ0v) is 9.68. The molecular formula is C12H15N3O2. The summed E-state index contributed by atoms with van der Waals surface area (Å²) in [5.74, 6) is 0.753. The maximum absolute atomic E-state index is 9.98. The number of para-hydroxylation sites is 1. The summed E-state index contributed by atoms with van der Waals surface area (Å²) in [5, 5.41) is 20.3. The average Bonchev–Trinajstić information content (AvgIpc) is 2.83. The molecule has 0 amide bonds. The first kappa shape index (κ1) is 11.4. The highest BCUT2D eigenvalue weighted by Gasteiger charge is 2.08. The Hall–Kier alpha value is -2.04. The number of aromatic hydroxyl groups is 1. The van der Waals surface area contributed by atoms with E-state index < -0.39 is 0 Å². The summed E-state index contributed by atoms with van der Waals surface area (Å²) < 4.78 is 5.33. The quantitative estimate of drug-likeness (QED) is 0.824. The fraction of sp³-hybridized carbons (Fsp3) is 0.333. The van der Waals surface area contributed by atoms with Crippen molar-refractivity contribution in [2.45, 2.75) is 19.8 Å². The van der Waals surface area contributed by atoms with Gasteiger partial charge in [0.25, 0.3) is 0 Å². The number of nitrogens with zero attached hydrogens (tertiary/aromatic N) is 2. The van der Waals surface area contributed by atoms with E-state index in [4.69, 9.17) is 4.74 Å². The number of aromatic amines is 1. The molecule has 2 rings (SSSR count). The summed E-state index contributed by atoms with van der Waals surface area (Å²) in [6.07, 6.45) is 3.13. The largest absolute Gasteiger partial charge is 0.504 e. The van der Waals surface area contributed by atoms with Gasteiger partial charge in [0.1, 0.15) is 0 Å². The number of aromatic nitrogens is 3. The van der Waals surface area contributed by atoms with Gasteiger partial charge in [0, 0.05) is 0 Å². The van der Waals surface area contributed by atoms with Gasteiger partial charge in [0.15, 0.2) is 11.5 Å². The first-order valence-corrected chi connectivity index (χ1v) is 5.59. The van der Waals surface area contributed by atoms with Crippen molar-refractivity contribution >= 4 is 0 Å². The predicted molar refractivity (Wildman–Crippen MR) is 63.1 cm³/mol. The number of nitrogens with one attached hydrogen (secondary N) is 1. The van der Waals surface area contributed by atoms with Crippen molar-refractivity contribution < 1.29 is 9.84 Å². The third-order valence-corrected chi connectivity index (χ3v) is 2.50. The van der Waals surface area contributed by atoms with Crippen molar-refractivity contribution in [3.8, 4) is 11.5 Å². The third-order valence-electron chi connectivity index (χ3n) is 2.50. The van der Waals surface area contributed by atoms with E-state index in [1.54, 1.807) is 12.3 Å². The molecule has 5 heteroatoms. The molecule has 1 aromatic carbocycles. The standard InChI is InChI=1S/C12H15N3O2/c1-2-17-11-5-3-4-9(12(11)16)6-7-10-8-13-15-14-10/h3-5,8,16H,2,6-7H2,1H3,(H,13,14,15). The van der Waals surface area contributed by atoms with Gasteiger partial charge in [-0.05, 0) is 31.4 Å². The van der Waals surface area contributed by atoms with E-state index in [2.05, 4.69) is 15.4 Å². The highest BCUT2D eigenvalue weighted by atomic mass is 16.5. The summed E-state index contributed by atoms with van der Waals surface area (Å²) >= 11 is 0. The number of hydrogen-bond donors (Lipinski definition) is 2. The van der Waals surface area contributed by atoms with Gasteiger partial charge >= 0.3 is 0 Å². The minimum atomic E-state index is 0.220. The van der Waals surface area contributed by atoms with Gasteiger partial charge in [0.2, 0.25) is 0 Å². The number of hydrogen-bond acceptors (Lipinski definition) is 4. The molecule has 0 spiro atoms. The second-order valence-electron chi connectivity index (χ2n) is 3.66. The molecule has 0 aliphatic rings. The van der Waals surface area contributed by atoms with Gasteiger partial charge in [-0.1, -0.05) is 12.1 Å². The molecule has 2 aromatic rings. The van der Waals surface area contributed by atoms with Crippen LogP contribution in [0.1, 0.15) is 18.2 Å². The van der Waals surface area contributed by atoms with E-state index in [0.29, 0.717) is 18.8 Å². The fourth-order valence-electron chi connectivity index (χ4n) is 1.65. The first-order valence-electron chi connectivity index (χ1n) is 5.59. The van der Waals surface area contributed by atoms with Gasteiger partial charge in [0.05, 0.1) is 18.5 Å². The Morgan fingerprint density at radius 1 is 1.35 bits per heavy atom. The molecule has 0 fully saturated rings. The molecule has 1 heterocycles. The van der Waals surface area contributed by atoms with Crippen LogP contribution < -0.4 is 4.74 Å². The van der Waals surface area contributed by atoms with E-state index in [1.165, 1.54) is 0 Å². The molecule has 0 saturated carbocycles. The topological polar surface area (TPSA) is 71.0 Å². The number of benzene rings is 1. The van der Waals surface area contributed by atoms with Gasteiger partial charge in [-0.3, -0.25) is 0 Å². The van der Waals surface area contributed by atoms with Crippen LogP contribution in [-0.2, 0) is 12.8 Å². The third kappa shape index (κ3) is 2.75. The van der Waals surface area contributed by atoms with Crippen LogP contribution in [0.4, 0.5) is 0 Å². The van der Waals surface area contributed by atoms with Crippen LogP contribution in [-0.4, -0.2) is 27.1 Å². The second-order valence-corrected chi connectivity index (χ2v) is 3.66. The van der Waals surface area contributed by atoms with Crippen LogP contribution in [0.3, 0.4) is 0 Å². The molecule has 0 aliphatic carbocycles. The van der Waals surface area contributed by atoms with Crippen LogP contribution in [0.5, 0.6) is 11.5 Å². The molecule has 0 saturated heterocycles.